The fourth-order valence-corrected chi connectivity index (χ4v) is 1.96. The second kappa shape index (κ2) is 6.52. The number of hydrogen-bond donors (Lipinski definition) is 2. The molecule has 4 N–H and O–H groups in total. The van der Waals surface area contributed by atoms with Gasteiger partial charge in [0.2, 0.25) is 11.8 Å². The molecule has 5 heteroatoms. The van der Waals surface area contributed by atoms with Gasteiger partial charge >= 0.3 is 0 Å². The van der Waals surface area contributed by atoms with Crippen molar-refractivity contribution in [3.8, 4) is 0 Å². The van der Waals surface area contributed by atoms with Crippen molar-refractivity contribution in [2.45, 2.75) is 26.8 Å². The molecule has 0 heterocycles. The van der Waals surface area contributed by atoms with Crippen molar-refractivity contribution in [3.05, 3.63) is 35.4 Å². The molecule has 0 saturated heterocycles. The van der Waals surface area contributed by atoms with Crippen LogP contribution in [0.3, 0.4) is 0 Å². The van der Waals surface area contributed by atoms with Gasteiger partial charge in [-0.25, -0.2) is 0 Å². The summed E-state index contributed by atoms with van der Waals surface area (Å²) in [5.74, 6) is -0.427. The normalized spacial score (nSPS) is 13.6. The summed E-state index contributed by atoms with van der Waals surface area (Å²) in [7, 11) is 1.76. The van der Waals surface area contributed by atoms with E-state index < -0.39 is 11.3 Å². The molecule has 0 bridgehead atoms. The van der Waals surface area contributed by atoms with Crippen molar-refractivity contribution in [2.24, 2.45) is 16.9 Å². The lowest BCUT2D eigenvalue weighted by Gasteiger charge is -2.30. The second-order valence-corrected chi connectivity index (χ2v) is 5.34. The Kier molecular flexibility index (Phi) is 5.27. The second-order valence-electron chi connectivity index (χ2n) is 5.34. The molecular formula is C15H23N3O2. The van der Waals surface area contributed by atoms with Gasteiger partial charge < -0.3 is 16.4 Å². The largest absolute Gasteiger partial charge is 0.366 e. The maximum atomic E-state index is 12.4. The van der Waals surface area contributed by atoms with E-state index in [1.165, 1.54) is 0 Å². The van der Waals surface area contributed by atoms with Gasteiger partial charge in [-0.05, 0) is 31.0 Å². The first-order chi connectivity index (χ1) is 9.34. The topological polar surface area (TPSA) is 89.4 Å². The Balaban J connectivity index is 2.77. The standard InChI is InChI=1S/C15H23N3O2/c1-4-15(2,10-16)14(20)18(3)9-11-5-7-12(8-6-11)13(17)19/h5-8H,4,9-10,16H2,1-3H3,(H2,17,19). The van der Waals surface area contributed by atoms with Crippen molar-refractivity contribution in [2.75, 3.05) is 13.6 Å². The van der Waals surface area contributed by atoms with Gasteiger partial charge in [-0.3, -0.25) is 9.59 Å². The number of primary amides is 1. The minimum absolute atomic E-state index is 0.0291. The maximum Gasteiger partial charge on any atom is 0.248 e. The van der Waals surface area contributed by atoms with Gasteiger partial charge in [0, 0.05) is 25.7 Å². The van der Waals surface area contributed by atoms with Crippen LogP contribution in [0.2, 0.25) is 0 Å². The van der Waals surface area contributed by atoms with Crippen LogP contribution in [-0.2, 0) is 11.3 Å². The van der Waals surface area contributed by atoms with Crippen molar-refractivity contribution in [3.63, 3.8) is 0 Å². The van der Waals surface area contributed by atoms with Gasteiger partial charge in [-0.2, -0.15) is 0 Å². The molecule has 0 aliphatic rings. The molecule has 0 aliphatic carbocycles. The van der Waals surface area contributed by atoms with Gasteiger partial charge in [0.15, 0.2) is 0 Å². The van der Waals surface area contributed by atoms with Crippen LogP contribution in [0.15, 0.2) is 24.3 Å². The predicted molar refractivity (Wildman–Crippen MR) is 78.9 cm³/mol. The zero-order chi connectivity index (χ0) is 15.3. The first kappa shape index (κ1) is 16.2. The molecule has 1 aromatic carbocycles. The Morgan fingerprint density at radius 1 is 1.25 bits per heavy atom. The number of hydrogen-bond acceptors (Lipinski definition) is 3. The Labute approximate surface area is 119 Å². The first-order valence-corrected chi connectivity index (χ1v) is 6.68. The van der Waals surface area contributed by atoms with Crippen LogP contribution in [0.5, 0.6) is 0 Å². The number of nitrogens with zero attached hydrogens (tertiary/aromatic N) is 1. The number of carbonyl (C=O) groups excluding carboxylic acids is 2. The summed E-state index contributed by atoms with van der Waals surface area (Å²) < 4.78 is 0. The third-order valence-corrected chi connectivity index (χ3v) is 3.75. The minimum atomic E-state index is -0.526. The van der Waals surface area contributed by atoms with E-state index in [1.807, 2.05) is 13.8 Å². The van der Waals surface area contributed by atoms with E-state index in [1.54, 1.807) is 36.2 Å². The summed E-state index contributed by atoms with van der Waals surface area (Å²) in [5.41, 5.74) is 11.8. The van der Waals surface area contributed by atoms with Crippen LogP contribution in [0, 0.1) is 5.41 Å². The molecule has 1 unspecified atom stereocenters. The highest BCUT2D eigenvalue weighted by Gasteiger charge is 2.32. The highest BCUT2D eigenvalue weighted by molar-refractivity contribution is 5.92. The maximum absolute atomic E-state index is 12.4. The Morgan fingerprint density at radius 2 is 1.80 bits per heavy atom. The van der Waals surface area contributed by atoms with Gasteiger partial charge in [0.25, 0.3) is 0 Å². The molecule has 0 radical (unpaired) electrons. The summed E-state index contributed by atoms with van der Waals surface area (Å²) in [6.07, 6.45) is 0.702. The van der Waals surface area contributed by atoms with Crippen LogP contribution >= 0.6 is 0 Å². The lowest BCUT2D eigenvalue weighted by atomic mass is 9.86. The number of amides is 2. The molecule has 0 spiro atoms. The summed E-state index contributed by atoms with van der Waals surface area (Å²) in [4.78, 5) is 25.0. The highest BCUT2D eigenvalue weighted by atomic mass is 16.2. The third kappa shape index (κ3) is 3.57. The quantitative estimate of drug-likeness (QED) is 0.816. The molecule has 5 nitrogen and oxygen atoms in total. The molecule has 110 valence electrons. The molecular weight excluding hydrogens is 254 g/mol. The fraction of sp³-hybridized carbons (Fsp3) is 0.467. The average molecular weight is 277 g/mol. The van der Waals surface area contributed by atoms with E-state index in [-0.39, 0.29) is 5.91 Å². The van der Waals surface area contributed by atoms with Gasteiger partial charge in [0.1, 0.15) is 0 Å². The molecule has 1 aromatic rings. The highest BCUT2D eigenvalue weighted by Crippen LogP contribution is 2.23. The van der Waals surface area contributed by atoms with E-state index in [2.05, 4.69) is 0 Å². The average Bonchev–Trinajstić information content (AvgIpc) is 2.46. The van der Waals surface area contributed by atoms with E-state index >= 15 is 0 Å². The van der Waals surface area contributed by atoms with E-state index in [0.29, 0.717) is 25.1 Å². The summed E-state index contributed by atoms with van der Waals surface area (Å²) in [5, 5.41) is 0. The lowest BCUT2D eigenvalue weighted by Crippen LogP contribution is -2.44. The minimum Gasteiger partial charge on any atom is -0.366 e. The zero-order valence-electron chi connectivity index (χ0n) is 12.3. The first-order valence-electron chi connectivity index (χ1n) is 6.68. The monoisotopic (exact) mass is 277 g/mol. The summed E-state index contributed by atoms with van der Waals surface area (Å²) in [6.45, 7) is 4.64. The van der Waals surface area contributed by atoms with Crippen molar-refractivity contribution in [1.29, 1.82) is 0 Å². The molecule has 1 rings (SSSR count). The van der Waals surface area contributed by atoms with Gasteiger partial charge in [-0.15, -0.1) is 0 Å². The number of benzene rings is 1. The third-order valence-electron chi connectivity index (χ3n) is 3.75. The van der Waals surface area contributed by atoms with Gasteiger partial charge in [0.05, 0.1) is 5.41 Å². The van der Waals surface area contributed by atoms with E-state index in [4.69, 9.17) is 11.5 Å². The predicted octanol–water partition coefficient (Wildman–Crippen LogP) is 1.12. The van der Waals surface area contributed by atoms with Crippen LogP contribution in [-0.4, -0.2) is 30.3 Å². The van der Waals surface area contributed by atoms with Gasteiger partial charge in [-0.1, -0.05) is 19.1 Å². The molecule has 1 atom stereocenters. The summed E-state index contributed by atoms with van der Waals surface area (Å²) in [6, 6.07) is 6.93. The molecule has 2 amide bonds. The van der Waals surface area contributed by atoms with E-state index in [9.17, 15) is 9.59 Å². The summed E-state index contributed by atoms with van der Waals surface area (Å²) >= 11 is 0. The van der Waals surface area contributed by atoms with Crippen molar-refractivity contribution >= 4 is 11.8 Å². The van der Waals surface area contributed by atoms with Crippen LogP contribution < -0.4 is 11.5 Å². The Morgan fingerprint density at radius 3 is 2.20 bits per heavy atom. The van der Waals surface area contributed by atoms with E-state index in [0.717, 1.165) is 5.56 Å². The fourth-order valence-electron chi connectivity index (χ4n) is 1.96. The SMILES string of the molecule is CCC(C)(CN)C(=O)N(C)Cc1ccc(C(N)=O)cc1. The van der Waals surface area contributed by atoms with Crippen LogP contribution in [0.25, 0.3) is 0 Å². The molecule has 0 aromatic heterocycles. The molecule has 20 heavy (non-hydrogen) atoms. The molecule has 0 fully saturated rings. The molecule has 0 aliphatic heterocycles. The van der Waals surface area contributed by atoms with Crippen molar-refractivity contribution in [1.82, 2.24) is 4.90 Å². The zero-order valence-corrected chi connectivity index (χ0v) is 12.3. The molecule has 0 saturated carbocycles. The van der Waals surface area contributed by atoms with Crippen LogP contribution in [0.1, 0.15) is 36.2 Å². The van der Waals surface area contributed by atoms with Crippen molar-refractivity contribution < 1.29 is 9.59 Å². The smallest absolute Gasteiger partial charge is 0.248 e. The lowest BCUT2D eigenvalue weighted by molar-refractivity contribution is -0.140. The number of carbonyl (C=O) groups is 2. The number of nitrogens with two attached hydrogens (primary N) is 2. The number of rotatable bonds is 6. The Bertz CT molecular complexity index is 478. The van der Waals surface area contributed by atoms with Crippen LogP contribution in [0.4, 0.5) is 0 Å². The Hall–Kier alpha value is -1.88.